The highest BCUT2D eigenvalue weighted by molar-refractivity contribution is 6.33. The van der Waals surface area contributed by atoms with E-state index in [1.807, 2.05) is 4.57 Å². The van der Waals surface area contributed by atoms with E-state index in [0.717, 1.165) is 13.0 Å². The van der Waals surface area contributed by atoms with Gasteiger partial charge in [-0.25, -0.2) is 14.2 Å². The molecule has 0 aliphatic heterocycles. The van der Waals surface area contributed by atoms with Crippen LogP contribution in [0.5, 0.6) is 5.88 Å². The molecule has 0 bridgehead atoms. The molecule has 2 aromatic heterocycles. The molecule has 2 heterocycles. The minimum atomic E-state index is -0.503. The lowest BCUT2D eigenvalue weighted by Crippen LogP contribution is -2.17. The quantitative estimate of drug-likeness (QED) is 0.124. The number of carbonyl (C=O) groups excluding carboxylic acids is 2. The predicted octanol–water partition coefficient (Wildman–Crippen LogP) is 7.35. The predicted molar refractivity (Wildman–Crippen MR) is 178 cm³/mol. The second-order valence-electron chi connectivity index (χ2n) is 10.5. The zero-order valence-corrected chi connectivity index (χ0v) is 27.1. The highest BCUT2D eigenvalue weighted by atomic mass is 35.5. The summed E-state index contributed by atoms with van der Waals surface area (Å²) >= 11 is 12.5. The van der Waals surface area contributed by atoms with Crippen molar-refractivity contribution >= 4 is 46.5 Å². The van der Waals surface area contributed by atoms with Crippen molar-refractivity contribution in [3.05, 3.63) is 118 Å². The molecule has 0 saturated carbocycles. The fourth-order valence-electron chi connectivity index (χ4n) is 4.75. The molecule has 0 aliphatic rings. The van der Waals surface area contributed by atoms with Crippen LogP contribution in [-0.2, 0) is 35.6 Å². The van der Waals surface area contributed by atoms with Crippen LogP contribution in [0.3, 0.4) is 0 Å². The summed E-state index contributed by atoms with van der Waals surface area (Å²) in [5.74, 6) is -0.250. The molecule has 47 heavy (non-hydrogen) atoms. The van der Waals surface area contributed by atoms with E-state index in [0.29, 0.717) is 67.6 Å². The average Bonchev–Trinajstić information content (AvgIpc) is 3.50. The number of pyridine rings is 1. The first-order chi connectivity index (χ1) is 22.7. The molecule has 2 N–H and O–H groups in total. The fraction of sp³-hybridized carbons (Fsp3) is 0.206. The Morgan fingerprint density at radius 1 is 1.00 bits per heavy atom. The molecule has 0 atom stereocenters. The molecule has 5 rings (SSSR count). The topological polar surface area (TPSA) is 120 Å². The SMILES string of the molecule is CCCn1cnnc1CNc1cc(C(=O)OC)ccc1NC(=O)Cc1ccc(-c2cccc(OCc3ccc(Cl)cc3F)n2)c(Cl)c1. The molecule has 0 unspecified atom stereocenters. The van der Waals surface area contributed by atoms with Crippen molar-refractivity contribution in [2.24, 2.45) is 0 Å². The molecule has 5 aromatic rings. The molecule has 13 heteroatoms. The summed E-state index contributed by atoms with van der Waals surface area (Å²) in [6.07, 6.45) is 2.61. The fourth-order valence-corrected chi connectivity index (χ4v) is 5.21. The lowest BCUT2D eigenvalue weighted by atomic mass is 10.1. The Balaban J connectivity index is 1.26. The molecule has 10 nitrogen and oxygen atoms in total. The largest absolute Gasteiger partial charge is 0.473 e. The molecule has 242 valence electrons. The molecule has 0 fully saturated rings. The van der Waals surface area contributed by atoms with Gasteiger partial charge >= 0.3 is 5.97 Å². The lowest BCUT2D eigenvalue weighted by molar-refractivity contribution is -0.115. The molecular formula is C34H31Cl2FN6O4. The minimum absolute atomic E-state index is 0.0235. The Kier molecular flexibility index (Phi) is 11.0. The number of methoxy groups -OCH3 is 1. The van der Waals surface area contributed by atoms with Crippen molar-refractivity contribution in [3.63, 3.8) is 0 Å². The Labute approximate surface area is 280 Å². The van der Waals surface area contributed by atoms with Crippen molar-refractivity contribution in [3.8, 4) is 17.1 Å². The van der Waals surface area contributed by atoms with Gasteiger partial charge in [0, 0.05) is 28.8 Å². The third kappa shape index (κ3) is 8.63. The highest BCUT2D eigenvalue weighted by Gasteiger charge is 2.15. The number of hydrogen-bond acceptors (Lipinski definition) is 8. The number of ether oxygens (including phenoxy) is 2. The molecule has 0 aliphatic carbocycles. The van der Waals surface area contributed by atoms with E-state index in [2.05, 4.69) is 32.7 Å². The summed E-state index contributed by atoms with van der Waals surface area (Å²) in [6, 6.07) is 19.7. The first kappa shape index (κ1) is 33.4. The third-order valence-electron chi connectivity index (χ3n) is 7.10. The van der Waals surface area contributed by atoms with Gasteiger partial charge in [-0.05, 0) is 54.4 Å². The summed E-state index contributed by atoms with van der Waals surface area (Å²) in [4.78, 5) is 29.9. The molecular weight excluding hydrogens is 646 g/mol. The zero-order valence-electron chi connectivity index (χ0n) is 25.6. The van der Waals surface area contributed by atoms with Gasteiger partial charge in [-0.3, -0.25) is 4.79 Å². The number of halogens is 3. The number of amides is 1. The van der Waals surface area contributed by atoms with E-state index in [1.165, 1.54) is 13.2 Å². The van der Waals surface area contributed by atoms with Crippen LogP contribution in [0.15, 0.2) is 79.1 Å². The van der Waals surface area contributed by atoms with Gasteiger partial charge in [0.1, 0.15) is 18.8 Å². The van der Waals surface area contributed by atoms with Gasteiger partial charge in [-0.15, -0.1) is 10.2 Å². The summed E-state index contributed by atoms with van der Waals surface area (Å²) in [5.41, 5.74) is 3.54. The van der Waals surface area contributed by atoms with Gasteiger partial charge in [0.2, 0.25) is 11.8 Å². The van der Waals surface area contributed by atoms with E-state index >= 15 is 0 Å². The van der Waals surface area contributed by atoms with E-state index in [4.69, 9.17) is 32.7 Å². The maximum absolute atomic E-state index is 14.1. The van der Waals surface area contributed by atoms with Gasteiger partial charge in [0.05, 0.1) is 47.7 Å². The summed E-state index contributed by atoms with van der Waals surface area (Å²) in [5, 5.41) is 15.0. The second kappa shape index (κ2) is 15.5. The smallest absolute Gasteiger partial charge is 0.337 e. The number of nitrogens with zero attached hydrogens (tertiary/aromatic N) is 4. The Bertz CT molecular complexity index is 1900. The third-order valence-corrected chi connectivity index (χ3v) is 7.65. The van der Waals surface area contributed by atoms with Crippen molar-refractivity contribution in [2.45, 2.75) is 39.5 Å². The van der Waals surface area contributed by atoms with Gasteiger partial charge < -0.3 is 24.7 Å². The van der Waals surface area contributed by atoms with Gasteiger partial charge in [0.15, 0.2) is 5.82 Å². The molecule has 0 saturated heterocycles. The number of aromatic nitrogens is 4. The van der Waals surface area contributed by atoms with Crippen LogP contribution in [0.25, 0.3) is 11.3 Å². The van der Waals surface area contributed by atoms with E-state index in [1.54, 1.807) is 73.1 Å². The lowest BCUT2D eigenvalue weighted by Gasteiger charge is -2.15. The van der Waals surface area contributed by atoms with Crippen LogP contribution >= 0.6 is 23.2 Å². The van der Waals surface area contributed by atoms with Crippen molar-refractivity contribution in [1.29, 1.82) is 0 Å². The Hall–Kier alpha value is -5.00. The molecule has 1 amide bonds. The monoisotopic (exact) mass is 676 g/mol. The van der Waals surface area contributed by atoms with Gasteiger partial charge in [0.25, 0.3) is 0 Å². The standard InChI is InChI=1S/C34H31Cl2FN6O4/c1-3-13-43-20-39-42-31(43)18-38-30-16-22(34(45)46-2)9-12-29(30)40-32(44)15-21-7-11-25(26(36)14-21)28-5-4-6-33(41-28)47-19-23-8-10-24(35)17-27(23)37/h4-12,14,16-17,20,38H,3,13,15,18-19H2,1-2H3,(H,40,44). The Morgan fingerprint density at radius 3 is 2.62 bits per heavy atom. The van der Waals surface area contributed by atoms with E-state index < -0.39 is 11.8 Å². The van der Waals surface area contributed by atoms with Crippen LogP contribution in [-0.4, -0.2) is 38.7 Å². The van der Waals surface area contributed by atoms with Crippen molar-refractivity contribution in [1.82, 2.24) is 19.7 Å². The maximum Gasteiger partial charge on any atom is 0.337 e. The number of anilines is 2. The number of carbonyl (C=O) groups is 2. The number of nitrogens with one attached hydrogen (secondary N) is 2. The summed E-state index contributed by atoms with van der Waals surface area (Å²) in [6.45, 7) is 3.12. The summed E-state index contributed by atoms with van der Waals surface area (Å²) < 4.78 is 26.7. The first-order valence-electron chi connectivity index (χ1n) is 14.7. The van der Waals surface area contributed by atoms with Crippen molar-refractivity contribution < 1.29 is 23.5 Å². The second-order valence-corrected chi connectivity index (χ2v) is 11.3. The normalized spacial score (nSPS) is 10.8. The molecule has 3 aromatic carbocycles. The number of esters is 1. The van der Waals surface area contributed by atoms with Crippen LogP contribution in [0.1, 0.15) is 40.7 Å². The Morgan fingerprint density at radius 2 is 1.85 bits per heavy atom. The van der Waals surface area contributed by atoms with Gasteiger partial charge in [-0.2, -0.15) is 0 Å². The van der Waals surface area contributed by atoms with Gasteiger partial charge in [-0.1, -0.05) is 54.4 Å². The first-order valence-corrected chi connectivity index (χ1v) is 15.4. The van der Waals surface area contributed by atoms with Crippen LogP contribution in [0, 0.1) is 5.82 Å². The summed E-state index contributed by atoms with van der Waals surface area (Å²) in [7, 11) is 1.31. The zero-order chi connectivity index (χ0) is 33.3. The number of hydrogen-bond donors (Lipinski definition) is 2. The number of benzene rings is 3. The number of rotatable bonds is 13. The van der Waals surface area contributed by atoms with Crippen LogP contribution < -0.4 is 15.4 Å². The number of aryl methyl sites for hydroxylation is 1. The molecule has 0 radical (unpaired) electrons. The van der Waals surface area contributed by atoms with E-state index in [9.17, 15) is 14.0 Å². The van der Waals surface area contributed by atoms with E-state index in [-0.39, 0.29) is 18.9 Å². The highest BCUT2D eigenvalue weighted by Crippen LogP contribution is 2.30. The molecule has 0 spiro atoms. The maximum atomic E-state index is 14.1. The van der Waals surface area contributed by atoms with Crippen LogP contribution in [0.2, 0.25) is 10.0 Å². The average molecular weight is 678 g/mol. The minimum Gasteiger partial charge on any atom is -0.473 e. The van der Waals surface area contributed by atoms with Crippen LogP contribution in [0.4, 0.5) is 15.8 Å². The van der Waals surface area contributed by atoms with Crippen molar-refractivity contribution in [2.75, 3.05) is 17.7 Å².